The van der Waals surface area contributed by atoms with Crippen LogP contribution in [0, 0.1) is 16.7 Å². The van der Waals surface area contributed by atoms with E-state index in [0.29, 0.717) is 6.42 Å². The monoisotopic (exact) mass is 285 g/mol. The van der Waals surface area contributed by atoms with Gasteiger partial charge in [-0.25, -0.2) is 0 Å². The number of hydrogen-bond donors (Lipinski definition) is 1. The Kier molecular flexibility index (Phi) is 5.64. The van der Waals surface area contributed by atoms with Crippen LogP contribution in [-0.2, 0) is 6.54 Å². The number of rotatable bonds is 7. The van der Waals surface area contributed by atoms with E-state index < -0.39 is 0 Å². The van der Waals surface area contributed by atoms with E-state index >= 15 is 0 Å². The van der Waals surface area contributed by atoms with E-state index in [0.717, 1.165) is 19.5 Å². The Morgan fingerprint density at radius 1 is 1.29 bits per heavy atom. The lowest BCUT2D eigenvalue weighted by Gasteiger charge is -2.24. The minimum Gasteiger partial charge on any atom is -0.385 e. The summed E-state index contributed by atoms with van der Waals surface area (Å²) in [6.07, 6.45) is 4.24. The molecule has 1 fully saturated rings. The van der Waals surface area contributed by atoms with E-state index in [2.05, 4.69) is 54.4 Å². The predicted octanol–water partition coefficient (Wildman–Crippen LogP) is 4.02. The zero-order chi connectivity index (χ0) is 15.1. The number of likely N-dealkylation sites (tertiary alicyclic amines) is 1. The van der Waals surface area contributed by atoms with Crippen LogP contribution in [0.5, 0.6) is 0 Å². The molecule has 1 heterocycles. The molecule has 1 saturated heterocycles. The smallest absolute Gasteiger partial charge is 0.0621 e. The quantitative estimate of drug-likeness (QED) is 0.822. The predicted molar refractivity (Wildman–Crippen MR) is 88.1 cm³/mol. The van der Waals surface area contributed by atoms with E-state index in [-0.39, 0.29) is 5.41 Å². The SMILES string of the molecule is CC(C)(CCC#N)CNc1cccc(CN2CCCC2)c1. The molecule has 3 nitrogen and oxygen atoms in total. The van der Waals surface area contributed by atoms with Crippen molar-refractivity contribution in [3.8, 4) is 6.07 Å². The van der Waals surface area contributed by atoms with Crippen LogP contribution in [0.2, 0.25) is 0 Å². The minimum absolute atomic E-state index is 0.153. The van der Waals surface area contributed by atoms with E-state index in [1.54, 1.807) is 0 Å². The van der Waals surface area contributed by atoms with Crippen molar-refractivity contribution in [2.45, 2.75) is 46.1 Å². The lowest BCUT2D eigenvalue weighted by atomic mass is 9.88. The molecule has 0 spiro atoms. The molecule has 0 unspecified atom stereocenters. The Hall–Kier alpha value is -1.53. The Morgan fingerprint density at radius 2 is 2.05 bits per heavy atom. The van der Waals surface area contributed by atoms with Gasteiger partial charge in [-0.15, -0.1) is 0 Å². The van der Waals surface area contributed by atoms with Crippen LogP contribution in [0.25, 0.3) is 0 Å². The summed E-state index contributed by atoms with van der Waals surface area (Å²) in [5.74, 6) is 0. The fourth-order valence-electron chi connectivity index (χ4n) is 2.80. The number of hydrogen-bond acceptors (Lipinski definition) is 3. The highest BCUT2D eigenvalue weighted by Crippen LogP contribution is 2.23. The summed E-state index contributed by atoms with van der Waals surface area (Å²) in [6.45, 7) is 8.86. The van der Waals surface area contributed by atoms with Crippen molar-refractivity contribution in [1.29, 1.82) is 5.26 Å². The van der Waals surface area contributed by atoms with Gasteiger partial charge in [-0.3, -0.25) is 4.90 Å². The first-order chi connectivity index (χ1) is 10.1. The number of nitriles is 1. The third-order valence-electron chi connectivity index (χ3n) is 4.22. The zero-order valence-corrected chi connectivity index (χ0v) is 13.4. The minimum atomic E-state index is 0.153. The Morgan fingerprint density at radius 3 is 2.76 bits per heavy atom. The molecular formula is C18H27N3. The van der Waals surface area contributed by atoms with Crippen LogP contribution >= 0.6 is 0 Å². The summed E-state index contributed by atoms with van der Waals surface area (Å²) >= 11 is 0. The highest BCUT2D eigenvalue weighted by Gasteiger charge is 2.17. The summed E-state index contributed by atoms with van der Waals surface area (Å²) in [6, 6.07) is 11.0. The lowest BCUT2D eigenvalue weighted by Crippen LogP contribution is -2.23. The average Bonchev–Trinajstić information content (AvgIpc) is 2.97. The summed E-state index contributed by atoms with van der Waals surface area (Å²) < 4.78 is 0. The molecule has 0 saturated carbocycles. The van der Waals surface area contributed by atoms with Crippen molar-refractivity contribution in [2.24, 2.45) is 5.41 Å². The van der Waals surface area contributed by atoms with Crippen LogP contribution in [-0.4, -0.2) is 24.5 Å². The molecule has 114 valence electrons. The second-order valence-electron chi connectivity index (χ2n) is 6.86. The summed E-state index contributed by atoms with van der Waals surface area (Å²) in [4.78, 5) is 2.52. The van der Waals surface area contributed by atoms with Crippen molar-refractivity contribution in [1.82, 2.24) is 4.90 Å². The highest BCUT2D eigenvalue weighted by atomic mass is 15.1. The fourth-order valence-corrected chi connectivity index (χ4v) is 2.80. The molecule has 1 aromatic carbocycles. The number of nitrogens with one attached hydrogen (secondary N) is 1. The molecule has 0 aromatic heterocycles. The zero-order valence-electron chi connectivity index (χ0n) is 13.4. The lowest BCUT2D eigenvalue weighted by molar-refractivity contribution is 0.331. The molecule has 2 rings (SSSR count). The Balaban J connectivity index is 1.87. The van der Waals surface area contributed by atoms with Gasteiger partial charge in [0.2, 0.25) is 0 Å². The maximum absolute atomic E-state index is 8.71. The van der Waals surface area contributed by atoms with E-state index in [1.807, 2.05) is 0 Å². The van der Waals surface area contributed by atoms with Gasteiger partial charge in [0, 0.05) is 25.2 Å². The molecule has 1 aliphatic rings. The molecule has 0 aliphatic carbocycles. The third-order valence-corrected chi connectivity index (χ3v) is 4.22. The van der Waals surface area contributed by atoms with Gasteiger partial charge in [-0.2, -0.15) is 5.26 Å². The molecule has 21 heavy (non-hydrogen) atoms. The van der Waals surface area contributed by atoms with Gasteiger partial charge in [-0.1, -0.05) is 26.0 Å². The second kappa shape index (κ2) is 7.47. The van der Waals surface area contributed by atoms with Gasteiger partial charge in [0.1, 0.15) is 0 Å². The van der Waals surface area contributed by atoms with Crippen LogP contribution in [0.1, 0.15) is 45.1 Å². The van der Waals surface area contributed by atoms with Gasteiger partial charge < -0.3 is 5.32 Å². The van der Waals surface area contributed by atoms with E-state index in [1.165, 1.54) is 37.2 Å². The second-order valence-corrected chi connectivity index (χ2v) is 6.86. The number of anilines is 1. The molecular weight excluding hydrogens is 258 g/mol. The first-order valence-electron chi connectivity index (χ1n) is 8.01. The van der Waals surface area contributed by atoms with Gasteiger partial charge in [0.05, 0.1) is 6.07 Å². The van der Waals surface area contributed by atoms with Crippen molar-refractivity contribution in [2.75, 3.05) is 25.0 Å². The molecule has 0 radical (unpaired) electrons. The van der Waals surface area contributed by atoms with E-state index in [9.17, 15) is 0 Å². The molecule has 1 aliphatic heterocycles. The van der Waals surface area contributed by atoms with Crippen molar-refractivity contribution >= 4 is 5.69 Å². The maximum Gasteiger partial charge on any atom is 0.0621 e. The Bertz CT molecular complexity index is 481. The Labute approximate surface area is 129 Å². The van der Waals surface area contributed by atoms with Crippen molar-refractivity contribution < 1.29 is 0 Å². The van der Waals surface area contributed by atoms with Crippen molar-refractivity contribution in [3.05, 3.63) is 29.8 Å². The van der Waals surface area contributed by atoms with Gasteiger partial charge in [0.15, 0.2) is 0 Å². The van der Waals surface area contributed by atoms with Crippen LogP contribution in [0.3, 0.4) is 0 Å². The van der Waals surface area contributed by atoms with E-state index in [4.69, 9.17) is 5.26 Å². The van der Waals surface area contributed by atoms with Crippen LogP contribution in [0.15, 0.2) is 24.3 Å². The fraction of sp³-hybridized carbons (Fsp3) is 0.611. The number of benzene rings is 1. The summed E-state index contributed by atoms with van der Waals surface area (Å²) in [5, 5.41) is 12.2. The largest absolute Gasteiger partial charge is 0.385 e. The van der Waals surface area contributed by atoms with Gasteiger partial charge >= 0.3 is 0 Å². The van der Waals surface area contributed by atoms with Crippen LogP contribution in [0.4, 0.5) is 5.69 Å². The van der Waals surface area contributed by atoms with Gasteiger partial charge in [0.25, 0.3) is 0 Å². The average molecular weight is 285 g/mol. The first kappa shape index (κ1) is 15.9. The van der Waals surface area contributed by atoms with Crippen LogP contribution < -0.4 is 5.32 Å². The summed E-state index contributed by atoms with van der Waals surface area (Å²) in [7, 11) is 0. The molecule has 1 aromatic rings. The molecule has 1 N–H and O–H groups in total. The van der Waals surface area contributed by atoms with Gasteiger partial charge in [-0.05, 0) is 55.5 Å². The normalized spacial score (nSPS) is 15.9. The summed E-state index contributed by atoms with van der Waals surface area (Å²) in [5.41, 5.74) is 2.73. The molecule has 0 amide bonds. The number of nitrogens with zero attached hydrogens (tertiary/aromatic N) is 2. The van der Waals surface area contributed by atoms with Crippen molar-refractivity contribution in [3.63, 3.8) is 0 Å². The molecule has 0 atom stereocenters. The first-order valence-corrected chi connectivity index (χ1v) is 8.01. The molecule has 0 bridgehead atoms. The highest BCUT2D eigenvalue weighted by molar-refractivity contribution is 5.45. The third kappa shape index (κ3) is 5.40. The molecule has 3 heteroatoms. The topological polar surface area (TPSA) is 39.1 Å². The standard InChI is InChI=1S/C18H27N3/c1-18(2,9-6-10-19)15-20-17-8-5-7-16(13-17)14-21-11-3-4-12-21/h5,7-8,13,20H,3-4,6,9,11-12,14-15H2,1-2H3. The maximum atomic E-state index is 8.71.